The molecule has 1 aliphatic rings. The SMILES string of the molecule is CCc1nc(C)cn2nc(-c3cc(=O)n4cc(C5CCN(CCO)CC5)cc(C)c4n3)cc12. The summed E-state index contributed by atoms with van der Waals surface area (Å²) in [6.07, 6.45) is 6.72. The molecule has 1 saturated heterocycles. The Morgan fingerprint density at radius 3 is 2.58 bits per heavy atom. The van der Waals surface area contributed by atoms with Gasteiger partial charge in [-0.15, -0.1) is 0 Å². The molecule has 8 heteroatoms. The Labute approximate surface area is 192 Å². The van der Waals surface area contributed by atoms with Gasteiger partial charge in [-0.25, -0.2) is 9.50 Å². The lowest BCUT2D eigenvalue weighted by Gasteiger charge is -2.31. The molecule has 1 N–H and O–H groups in total. The zero-order valence-electron chi connectivity index (χ0n) is 19.5. The summed E-state index contributed by atoms with van der Waals surface area (Å²) in [5, 5.41) is 13.9. The number of aromatic nitrogens is 5. The number of pyridine rings is 1. The summed E-state index contributed by atoms with van der Waals surface area (Å²) in [6.45, 7) is 8.92. The third-order valence-electron chi connectivity index (χ3n) is 6.69. The fourth-order valence-electron chi connectivity index (χ4n) is 4.95. The molecule has 33 heavy (non-hydrogen) atoms. The van der Waals surface area contributed by atoms with Gasteiger partial charge in [0.15, 0.2) is 0 Å². The lowest BCUT2D eigenvalue weighted by Crippen LogP contribution is -2.35. The first-order chi connectivity index (χ1) is 16.0. The first-order valence-electron chi connectivity index (χ1n) is 11.7. The number of aliphatic hydroxyl groups is 1. The normalized spacial score (nSPS) is 15.6. The van der Waals surface area contributed by atoms with E-state index >= 15 is 0 Å². The van der Waals surface area contributed by atoms with Crippen molar-refractivity contribution in [3.63, 3.8) is 0 Å². The van der Waals surface area contributed by atoms with Crippen LogP contribution in [0.25, 0.3) is 22.6 Å². The Morgan fingerprint density at radius 2 is 1.85 bits per heavy atom. The molecule has 0 saturated carbocycles. The van der Waals surface area contributed by atoms with E-state index in [2.05, 4.69) is 28.0 Å². The van der Waals surface area contributed by atoms with Gasteiger partial charge in [0, 0.05) is 18.8 Å². The van der Waals surface area contributed by atoms with Crippen LogP contribution in [0, 0.1) is 13.8 Å². The number of β-amino-alcohol motifs (C(OH)–C–C–N with tert-alkyl or cyclic N) is 1. The molecule has 0 unspecified atom stereocenters. The molecule has 0 radical (unpaired) electrons. The summed E-state index contributed by atoms with van der Waals surface area (Å²) in [5.41, 5.74) is 6.83. The maximum absolute atomic E-state index is 13.1. The summed E-state index contributed by atoms with van der Waals surface area (Å²) in [7, 11) is 0. The highest BCUT2D eigenvalue weighted by Gasteiger charge is 2.22. The second-order valence-corrected chi connectivity index (χ2v) is 9.01. The molecule has 0 aliphatic carbocycles. The van der Waals surface area contributed by atoms with Gasteiger partial charge in [-0.3, -0.25) is 14.2 Å². The van der Waals surface area contributed by atoms with Crippen molar-refractivity contribution in [3.05, 3.63) is 63.5 Å². The van der Waals surface area contributed by atoms with Crippen LogP contribution in [0.4, 0.5) is 0 Å². The van der Waals surface area contributed by atoms with Crippen LogP contribution in [0.5, 0.6) is 0 Å². The van der Waals surface area contributed by atoms with Gasteiger partial charge in [0.25, 0.3) is 5.56 Å². The van der Waals surface area contributed by atoms with Gasteiger partial charge in [-0.1, -0.05) is 13.0 Å². The highest BCUT2D eigenvalue weighted by atomic mass is 16.3. The number of fused-ring (bicyclic) bond motifs is 2. The fraction of sp³-hybridized carbons (Fsp3) is 0.440. The zero-order chi connectivity index (χ0) is 23.1. The van der Waals surface area contributed by atoms with Gasteiger partial charge in [-0.2, -0.15) is 5.10 Å². The van der Waals surface area contributed by atoms with Gasteiger partial charge >= 0.3 is 0 Å². The van der Waals surface area contributed by atoms with Crippen LogP contribution in [0.1, 0.15) is 48.2 Å². The van der Waals surface area contributed by atoms with Gasteiger partial charge < -0.3 is 10.0 Å². The zero-order valence-corrected chi connectivity index (χ0v) is 19.5. The predicted octanol–water partition coefficient (Wildman–Crippen LogP) is 2.76. The van der Waals surface area contributed by atoms with Crippen molar-refractivity contribution in [3.8, 4) is 11.4 Å². The number of likely N-dealkylation sites (tertiary alicyclic amines) is 1. The Hall–Kier alpha value is -3.10. The largest absolute Gasteiger partial charge is 0.395 e. The van der Waals surface area contributed by atoms with Crippen molar-refractivity contribution in [2.75, 3.05) is 26.2 Å². The number of nitrogens with zero attached hydrogens (tertiary/aromatic N) is 6. The lowest BCUT2D eigenvalue weighted by atomic mass is 9.90. The fourth-order valence-corrected chi connectivity index (χ4v) is 4.95. The molecule has 0 amide bonds. The summed E-state index contributed by atoms with van der Waals surface area (Å²) >= 11 is 0. The highest BCUT2D eigenvalue weighted by Crippen LogP contribution is 2.29. The van der Waals surface area contributed by atoms with Crippen LogP contribution < -0.4 is 5.56 Å². The van der Waals surface area contributed by atoms with Gasteiger partial charge in [0.2, 0.25) is 0 Å². The van der Waals surface area contributed by atoms with Crippen LogP contribution in [0.2, 0.25) is 0 Å². The van der Waals surface area contributed by atoms with Crippen molar-refractivity contribution >= 4 is 11.2 Å². The van der Waals surface area contributed by atoms with Crippen LogP contribution in [0.3, 0.4) is 0 Å². The van der Waals surface area contributed by atoms with Crippen molar-refractivity contribution in [1.82, 2.24) is 28.9 Å². The van der Waals surface area contributed by atoms with E-state index in [0.717, 1.165) is 61.4 Å². The molecule has 0 bridgehead atoms. The summed E-state index contributed by atoms with van der Waals surface area (Å²) in [6, 6.07) is 5.71. The maximum Gasteiger partial charge on any atom is 0.258 e. The molecule has 4 aromatic rings. The molecule has 4 aromatic heterocycles. The monoisotopic (exact) mass is 446 g/mol. The summed E-state index contributed by atoms with van der Waals surface area (Å²) in [4.78, 5) is 24.9. The topological polar surface area (TPSA) is 88.0 Å². The van der Waals surface area contributed by atoms with E-state index in [-0.39, 0.29) is 12.2 Å². The molecule has 0 spiro atoms. The third-order valence-corrected chi connectivity index (χ3v) is 6.69. The Kier molecular flexibility index (Phi) is 5.72. The third kappa shape index (κ3) is 4.05. The Bertz CT molecular complexity index is 1380. The minimum atomic E-state index is -0.0975. The van der Waals surface area contributed by atoms with E-state index in [1.807, 2.05) is 36.8 Å². The number of rotatable bonds is 5. The lowest BCUT2D eigenvalue weighted by molar-refractivity contribution is 0.164. The summed E-state index contributed by atoms with van der Waals surface area (Å²) < 4.78 is 3.51. The van der Waals surface area contributed by atoms with Crippen LogP contribution in [-0.2, 0) is 6.42 Å². The minimum absolute atomic E-state index is 0.0975. The average molecular weight is 447 g/mol. The van der Waals surface area contributed by atoms with E-state index in [4.69, 9.17) is 4.98 Å². The molecule has 1 aliphatic heterocycles. The molecular formula is C25H30N6O2. The number of aliphatic hydroxyl groups excluding tert-OH is 1. The van der Waals surface area contributed by atoms with E-state index < -0.39 is 0 Å². The molecular weight excluding hydrogens is 416 g/mol. The maximum atomic E-state index is 13.1. The number of hydrogen-bond donors (Lipinski definition) is 1. The molecule has 0 aromatic carbocycles. The number of piperidine rings is 1. The van der Waals surface area contributed by atoms with E-state index in [1.165, 1.54) is 5.56 Å². The molecule has 1 fully saturated rings. The minimum Gasteiger partial charge on any atom is -0.395 e. The Balaban J connectivity index is 1.52. The number of hydrogen-bond acceptors (Lipinski definition) is 6. The first-order valence-corrected chi connectivity index (χ1v) is 11.7. The van der Waals surface area contributed by atoms with Gasteiger partial charge in [-0.05, 0) is 69.3 Å². The van der Waals surface area contributed by atoms with E-state index in [0.29, 0.717) is 23.0 Å². The highest BCUT2D eigenvalue weighted by molar-refractivity contribution is 5.67. The second-order valence-electron chi connectivity index (χ2n) is 9.01. The smallest absolute Gasteiger partial charge is 0.258 e. The second kappa shape index (κ2) is 8.68. The van der Waals surface area contributed by atoms with E-state index in [9.17, 15) is 9.90 Å². The molecule has 5 heterocycles. The molecule has 172 valence electrons. The van der Waals surface area contributed by atoms with Crippen molar-refractivity contribution in [2.45, 2.75) is 46.0 Å². The molecule has 0 atom stereocenters. The van der Waals surface area contributed by atoms with Gasteiger partial charge in [0.05, 0.1) is 35.4 Å². The van der Waals surface area contributed by atoms with Crippen molar-refractivity contribution < 1.29 is 5.11 Å². The quantitative estimate of drug-likeness (QED) is 0.507. The van der Waals surface area contributed by atoms with E-state index in [1.54, 1.807) is 10.5 Å². The van der Waals surface area contributed by atoms with Crippen molar-refractivity contribution in [1.29, 1.82) is 0 Å². The predicted molar refractivity (Wildman–Crippen MR) is 128 cm³/mol. The van der Waals surface area contributed by atoms with Crippen LogP contribution >= 0.6 is 0 Å². The molecule has 8 nitrogen and oxygen atoms in total. The Morgan fingerprint density at radius 1 is 1.06 bits per heavy atom. The number of aryl methyl sites for hydroxylation is 3. The standard InChI is InChI=1S/C25H30N6O2/c1-4-20-23-12-22(28-31(23)14-17(3)26-20)21-13-24(33)30-15-19(11-16(2)25(30)27-21)18-5-7-29(8-6-18)9-10-32/h11-15,18,32H,4-10H2,1-3H3. The molecule has 5 rings (SSSR count). The van der Waals surface area contributed by atoms with Crippen LogP contribution in [-0.4, -0.2) is 60.2 Å². The average Bonchev–Trinajstić information content (AvgIpc) is 3.23. The first kappa shape index (κ1) is 21.7. The van der Waals surface area contributed by atoms with Crippen LogP contribution in [0.15, 0.2) is 35.4 Å². The summed E-state index contributed by atoms with van der Waals surface area (Å²) in [5.74, 6) is 0.413. The van der Waals surface area contributed by atoms with Crippen molar-refractivity contribution in [2.24, 2.45) is 0 Å². The van der Waals surface area contributed by atoms with Gasteiger partial charge in [0.1, 0.15) is 11.3 Å².